The smallest absolute Gasteiger partial charge is 0.319 e. The average Bonchev–Trinajstić information content (AvgIpc) is 3.79. The third-order valence-corrected chi connectivity index (χ3v) is 11.0. The van der Waals surface area contributed by atoms with Crippen molar-refractivity contribution in [2.24, 2.45) is 17.8 Å². The van der Waals surface area contributed by atoms with Gasteiger partial charge in [-0.2, -0.15) is 9.97 Å². The van der Waals surface area contributed by atoms with Gasteiger partial charge in [0.2, 0.25) is 0 Å². The lowest BCUT2D eigenvalue weighted by molar-refractivity contribution is -0.141. The molecule has 12 heteroatoms. The summed E-state index contributed by atoms with van der Waals surface area (Å²) < 4.78 is 52.5. The van der Waals surface area contributed by atoms with Crippen LogP contribution >= 0.6 is 0 Å². The Morgan fingerprint density at radius 3 is 2.66 bits per heavy atom. The number of aliphatic carboxylic acids is 1. The number of rotatable bonds is 7. The van der Waals surface area contributed by atoms with Crippen LogP contribution in [0.15, 0.2) is 30.5 Å². The first kappa shape index (κ1) is 30.2. The molecule has 0 amide bonds. The molecule has 0 radical (unpaired) electrons. The maximum atomic E-state index is 16.8. The standard InChI is InChI=1S/C35H36F3N5O4/c1-2-24-27(37)5-4-18-10-23(44)11-25(28(18)24)30-29(38)31-26(13-39-30)32(42-14-20-8-19(33(45)46)9-21(20)15-42)41-34(40-31)47-17-35-6-3-7-43(35)16-22(36)12-35/h4-5,10-11,13,19-22,44H,2-3,6-9,12,14-17H2,1H3,(H,45,46)/t19?,20-,21+,22-,35+/m1/s1. The number of phenolic OH excluding ortho intramolecular Hbond substituents is 1. The number of hydrogen-bond donors (Lipinski definition) is 2. The van der Waals surface area contributed by atoms with E-state index in [0.29, 0.717) is 72.9 Å². The van der Waals surface area contributed by atoms with Crippen molar-refractivity contribution in [3.8, 4) is 23.0 Å². The molecule has 9 nitrogen and oxygen atoms in total. The van der Waals surface area contributed by atoms with E-state index in [2.05, 4.69) is 14.9 Å². The van der Waals surface area contributed by atoms with E-state index in [4.69, 9.17) is 9.72 Å². The molecule has 47 heavy (non-hydrogen) atoms. The van der Waals surface area contributed by atoms with Crippen LogP contribution in [0.4, 0.5) is 19.0 Å². The number of anilines is 1. The fraction of sp³-hybridized carbons (Fsp3) is 0.486. The zero-order valence-corrected chi connectivity index (χ0v) is 26.1. The van der Waals surface area contributed by atoms with Crippen LogP contribution in [0, 0.1) is 29.4 Å². The summed E-state index contributed by atoms with van der Waals surface area (Å²) in [6, 6.07) is 5.75. The molecular weight excluding hydrogens is 611 g/mol. The number of carboxylic acid groups (broad SMARTS) is 1. The van der Waals surface area contributed by atoms with Crippen molar-refractivity contribution < 1.29 is 32.9 Å². The van der Waals surface area contributed by atoms with Crippen LogP contribution in [-0.2, 0) is 11.2 Å². The largest absolute Gasteiger partial charge is 0.508 e. The van der Waals surface area contributed by atoms with Crippen molar-refractivity contribution in [2.45, 2.75) is 57.2 Å². The molecule has 3 saturated heterocycles. The molecule has 2 aromatic heterocycles. The van der Waals surface area contributed by atoms with E-state index in [9.17, 15) is 23.8 Å². The highest BCUT2D eigenvalue weighted by atomic mass is 19.1. The summed E-state index contributed by atoms with van der Waals surface area (Å²) in [7, 11) is 0. The number of nitrogens with zero attached hydrogens (tertiary/aromatic N) is 5. The molecule has 1 unspecified atom stereocenters. The van der Waals surface area contributed by atoms with E-state index < -0.39 is 29.3 Å². The lowest BCUT2D eigenvalue weighted by Gasteiger charge is -2.31. The average molecular weight is 648 g/mol. The first-order chi connectivity index (χ1) is 22.6. The summed E-state index contributed by atoms with van der Waals surface area (Å²) in [6.45, 7) is 4.25. The number of pyridine rings is 1. The highest BCUT2D eigenvalue weighted by molar-refractivity contribution is 6.01. The van der Waals surface area contributed by atoms with Crippen LogP contribution in [0.3, 0.4) is 0 Å². The SMILES string of the molecule is CCc1c(F)ccc2cc(O)cc(-c3ncc4c(N5C[C@H]6CC(C(=O)O)C[C@H]6C5)nc(OC[C@@]56CCCN5C[C@H](F)C6)nc4c3F)c12. The Morgan fingerprint density at radius 1 is 1.13 bits per heavy atom. The Kier molecular flexibility index (Phi) is 7.19. The number of fused-ring (bicyclic) bond motifs is 4. The van der Waals surface area contributed by atoms with Gasteiger partial charge in [0.25, 0.3) is 0 Å². The quantitative estimate of drug-likeness (QED) is 0.254. The van der Waals surface area contributed by atoms with Crippen LogP contribution in [0.1, 0.15) is 44.6 Å². The summed E-state index contributed by atoms with van der Waals surface area (Å²) in [6.07, 6.45) is 4.14. The second kappa shape index (κ2) is 11.2. The van der Waals surface area contributed by atoms with Crippen molar-refractivity contribution in [3.63, 3.8) is 0 Å². The first-order valence-electron chi connectivity index (χ1n) is 16.4. The predicted octanol–water partition coefficient (Wildman–Crippen LogP) is 5.89. The molecule has 1 saturated carbocycles. The summed E-state index contributed by atoms with van der Waals surface area (Å²) in [5.41, 5.74) is 0.0505. The molecule has 2 aromatic carbocycles. The van der Waals surface area contributed by atoms with Gasteiger partial charge in [0.05, 0.1) is 16.8 Å². The second-order valence-corrected chi connectivity index (χ2v) is 13.8. The van der Waals surface area contributed by atoms with Gasteiger partial charge in [-0.15, -0.1) is 0 Å². The molecule has 0 spiro atoms. The monoisotopic (exact) mass is 647 g/mol. The van der Waals surface area contributed by atoms with Gasteiger partial charge in [0.1, 0.15) is 41.4 Å². The maximum absolute atomic E-state index is 16.8. The first-order valence-corrected chi connectivity index (χ1v) is 16.4. The molecule has 4 aromatic rings. The fourth-order valence-corrected chi connectivity index (χ4v) is 8.87. The summed E-state index contributed by atoms with van der Waals surface area (Å²) in [5, 5.41) is 21.5. The number of aromatic nitrogens is 3. The minimum atomic E-state index is -0.938. The molecule has 4 aliphatic rings. The second-order valence-electron chi connectivity index (χ2n) is 13.8. The third kappa shape index (κ3) is 4.94. The highest BCUT2D eigenvalue weighted by Gasteiger charge is 2.49. The number of halogens is 3. The van der Waals surface area contributed by atoms with Crippen LogP contribution in [0.5, 0.6) is 11.8 Å². The molecule has 8 rings (SSSR count). The molecule has 0 bridgehead atoms. The lowest BCUT2D eigenvalue weighted by Crippen LogP contribution is -2.43. The van der Waals surface area contributed by atoms with Crippen molar-refractivity contribution in [1.82, 2.24) is 19.9 Å². The minimum Gasteiger partial charge on any atom is -0.508 e. The Morgan fingerprint density at radius 2 is 1.91 bits per heavy atom. The van der Waals surface area contributed by atoms with E-state index in [0.717, 1.165) is 19.4 Å². The van der Waals surface area contributed by atoms with Gasteiger partial charge in [0.15, 0.2) is 5.82 Å². The van der Waals surface area contributed by atoms with Gasteiger partial charge in [0, 0.05) is 37.8 Å². The molecule has 2 N–H and O–H groups in total. The molecule has 3 aliphatic heterocycles. The Bertz CT molecular complexity index is 1910. The van der Waals surface area contributed by atoms with Gasteiger partial charge < -0.3 is 19.8 Å². The van der Waals surface area contributed by atoms with Crippen LogP contribution in [-0.4, -0.2) is 80.5 Å². The number of alkyl halides is 1. The van der Waals surface area contributed by atoms with Gasteiger partial charge in [-0.25, -0.2) is 13.2 Å². The molecule has 4 fully saturated rings. The minimum absolute atomic E-state index is 0.0306. The van der Waals surface area contributed by atoms with E-state index in [1.54, 1.807) is 6.07 Å². The van der Waals surface area contributed by atoms with Crippen LogP contribution < -0.4 is 9.64 Å². The van der Waals surface area contributed by atoms with E-state index in [-0.39, 0.29) is 52.9 Å². The lowest BCUT2D eigenvalue weighted by atomic mass is 9.94. The van der Waals surface area contributed by atoms with Gasteiger partial charge in [-0.1, -0.05) is 13.0 Å². The van der Waals surface area contributed by atoms with Crippen LogP contribution in [0.25, 0.3) is 32.9 Å². The van der Waals surface area contributed by atoms with Gasteiger partial charge in [-0.05, 0) is 85.0 Å². The highest BCUT2D eigenvalue weighted by Crippen LogP contribution is 2.45. The Balaban J connectivity index is 1.24. The normalized spacial score (nSPS) is 27.2. The van der Waals surface area contributed by atoms with Crippen LogP contribution in [0.2, 0.25) is 0 Å². The topological polar surface area (TPSA) is 112 Å². The predicted molar refractivity (Wildman–Crippen MR) is 169 cm³/mol. The number of benzene rings is 2. The van der Waals surface area contributed by atoms with E-state index in [1.165, 1.54) is 24.4 Å². The number of phenols is 1. The zero-order valence-electron chi connectivity index (χ0n) is 26.1. The maximum Gasteiger partial charge on any atom is 0.319 e. The fourth-order valence-electron chi connectivity index (χ4n) is 8.87. The number of carbonyl (C=O) groups is 1. The number of aryl methyl sites for hydroxylation is 1. The summed E-state index contributed by atoms with van der Waals surface area (Å²) in [5.74, 6) is -1.68. The number of aromatic hydroxyl groups is 1. The molecular formula is C35H36F3N5O4. The van der Waals surface area contributed by atoms with E-state index >= 15 is 4.39 Å². The van der Waals surface area contributed by atoms with Crippen molar-refractivity contribution in [3.05, 3.63) is 47.7 Å². The van der Waals surface area contributed by atoms with Crippen molar-refractivity contribution >= 4 is 33.5 Å². The third-order valence-electron chi connectivity index (χ3n) is 11.0. The zero-order chi connectivity index (χ0) is 32.6. The van der Waals surface area contributed by atoms with E-state index in [1.807, 2.05) is 11.8 Å². The Labute approximate surface area is 269 Å². The molecule has 5 atom stereocenters. The summed E-state index contributed by atoms with van der Waals surface area (Å²) in [4.78, 5) is 29.7. The molecule has 246 valence electrons. The number of carboxylic acids is 1. The number of ether oxygens (including phenoxy) is 1. The van der Waals surface area contributed by atoms with Gasteiger partial charge >= 0.3 is 12.0 Å². The molecule has 1 aliphatic carbocycles. The van der Waals surface area contributed by atoms with Crippen molar-refractivity contribution in [2.75, 3.05) is 37.7 Å². The van der Waals surface area contributed by atoms with Crippen molar-refractivity contribution in [1.29, 1.82) is 0 Å². The summed E-state index contributed by atoms with van der Waals surface area (Å²) >= 11 is 0. The molecule has 5 heterocycles. The number of hydrogen-bond acceptors (Lipinski definition) is 8. The van der Waals surface area contributed by atoms with Gasteiger partial charge in [-0.3, -0.25) is 14.7 Å². The Hall–Kier alpha value is -4.19.